The van der Waals surface area contributed by atoms with Crippen LogP contribution in [-0.4, -0.2) is 31.4 Å². The second-order valence-electron chi connectivity index (χ2n) is 7.21. The van der Waals surface area contributed by atoms with Gasteiger partial charge in [-0.05, 0) is 31.7 Å². The van der Waals surface area contributed by atoms with Gasteiger partial charge >= 0.3 is 0 Å². The van der Waals surface area contributed by atoms with Gasteiger partial charge in [0.05, 0.1) is 10.5 Å². The molecule has 0 aromatic heterocycles. The molecule has 0 atom stereocenters. The first-order valence-corrected chi connectivity index (χ1v) is 9.15. The molecule has 0 fully saturated rings. The molecule has 1 aromatic carbocycles. The van der Waals surface area contributed by atoms with Crippen molar-refractivity contribution in [1.29, 1.82) is 0 Å². The molecule has 0 saturated heterocycles. The molecule has 5 heteroatoms. The van der Waals surface area contributed by atoms with Gasteiger partial charge in [0, 0.05) is 13.0 Å². The number of amides is 1. The van der Waals surface area contributed by atoms with Crippen LogP contribution in [0.15, 0.2) is 30.3 Å². The number of rotatable bonds is 6. The van der Waals surface area contributed by atoms with Gasteiger partial charge in [-0.15, -0.1) is 0 Å². The van der Waals surface area contributed by atoms with Crippen molar-refractivity contribution in [2.24, 2.45) is 0 Å². The third-order valence-electron chi connectivity index (χ3n) is 3.78. The average molecular weight is 325 g/mol. The van der Waals surface area contributed by atoms with Crippen molar-refractivity contribution in [2.75, 3.05) is 12.3 Å². The van der Waals surface area contributed by atoms with Crippen LogP contribution in [0.4, 0.5) is 0 Å². The first-order valence-electron chi connectivity index (χ1n) is 7.50. The Morgan fingerprint density at radius 2 is 1.59 bits per heavy atom. The van der Waals surface area contributed by atoms with E-state index in [0.29, 0.717) is 6.42 Å². The molecular formula is C17H27NO3S. The topological polar surface area (TPSA) is 63.2 Å². The summed E-state index contributed by atoms with van der Waals surface area (Å²) < 4.78 is 23.2. The summed E-state index contributed by atoms with van der Waals surface area (Å²) >= 11 is 0. The van der Waals surface area contributed by atoms with Crippen molar-refractivity contribution in [3.8, 4) is 0 Å². The molecule has 0 unspecified atom stereocenters. The summed E-state index contributed by atoms with van der Waals surface area (Å²) in [5.41, 5.74) is 0.807. The van der Waals surface area contributed by atoms with Crippen molar-refractivity contribution < 1.29 is 13.2 Å². The monoisotopic (exact) mass is 325 g/mol. The maximum absolute atomic E-state index is 12.1. The van der Waals surface area contributed by atoms with E-state index in [1.165, 1.54) is 0 Å². The molecule has 0 saturated carbocycles. The number of hydrogen-bond acceptors (Lipinski definition) is 3. The highest BCUT2D eigenvalue weighted by atomic mass is 32.2. The molecule has 1 rings (SSSR count). The number of hydrogen-bond donors (Lipinski definition) is 1. The molecule has 4 nitrogen and oxygen atoms in total. The molecule has 0 aliphatic carbocycles. The van der Waals surface area contributed by atoms with E-state index in [2.05, 4.69) is 5.32 Å². The van der Waals surface area contributed by atoms with E-state index < -0.39 is 14.6 Å². The Labute approximate surface area is 134 Å². The molecule has 0 bridgehead atoms. The Morgan fingerprint density at radius 1 is 1.05 bits per heavy atom. The second kappa shape index (κ2) is 6.82. The average Bonchev–Trinajstić information content (AvgIpc) is 2.37. The maximum Gasteiger partial charge on any atom is 0.220 e. The maximum atomic E-state index is 12.1. The third kappa shape index (κ3) is 5.13. The van der Waals surface area contributed by atoms with Crippen LogP contribution in [0.1, 0.15) is 46.6 Å². The lowest BCUT2D eigenvalue weighted by molar-refractivity contribution is -0.122. The molecule has 0 radical (unpaired) electrons. The molecule has 22 heavy (non-hydrogen) atoms. The lowest BCUT2D eigenvalue weighted by atomic mass is 9.81. The van der Waals surface area contributed by atoms with Gasteiger partial charge in [-0.25, -0.2) is 8.42 Å². The lowest BCUT2D eigenvalue weighted by Gasteiger charge is -2.25. The van der Waals surface area contributed by atoms with Gasteiger partial charge in [-0.2, -0.15) is 0 Å². The van der Waals surface area contributed by atoms with Crippen LogP contribution < -0.4 is 5.32 Å². The van der Waals surface area contributed by atoms with Crippen LogP contribution >= 0.6 is 0 Å². The number of carbonyl (C=O) groups excluding carboxylic acids is 1. The van der Waals surface area contributed by atoms with E-state index in [1.807, 2.05) is 44.2 Å². The number of carbonyl (C=O) groups is 1. The van der Waals surface area contributed by atoms with Gasteiger partial charge < -0.3 is 5.32 Å². The van der Waals surface area contributed by atoms with Crippen molar-refractivity contribution in [2.45, 2.75) is 51.2 Å². The fourth-order valence-corrected chi connectivity index (χ4v) is 3.07. The Morgan fingerprint density at radius 3 is 2.09 bits per heavy atom. The lowest BCUT2D eigenvalue weighted by Crippen LogP contribution is -2.38. The van der Waals surface area contributed by atoms with Crippen LogP contribution in [0.2, 0.25) is 0 Å². The summed E-state index contributed by atoms with van der Waals surface area (Å²) in [5, 5.41) is 2.72. The fraction of sp³-hybridized carbons (Fsp3) is 0.588. The predicted octanol–water partition coefficient (Wildman–Crippen LogP) is 2.68. The zero-order chi connectivity index (χ0) is 17.0. The zero-order valence-electron chi connectivity index (χ0n) is 14.1. The molecule has 0 spiro atoms. The predicted molar refractivity (Wildman–Crippen MR) is 90.6 cm³/mol. The molecule has 124 valence electrons. The SMILES string of the molecule is CC(C)(CC(=O)NCCS(=O)(=O)C(C)(C)C)c1ccccc1. The van der Waals surface area contributed by atoms with Gasteiger partial charge in [0.25, 0.3) is 0 Å². The first kappa shape index (κ1) is 18.7. The summed E-state index contributed by atoms with van der Waals surface area (Å²) in [6, 6.07) is 9.83. The highest BCUT2D eigenvalue weighted by Crippen LogP contribution is 2.26. The van der Waals surface area contributed by atoms with Crippen LogP contribution in [0, 0.1) is 0 Å². The van der Waals surface area contributed by atoms with E-state index in [4.69, 9.17) is 0 Å². The van der Waals surface area contributed by atoms with Crippen molar-refractivity contribution in [3.05, 3.63) is 35.9 Å². The minimum absolute atomic E-state index is 0.0337. The quantitative estimate of drug-likeness (QED) is 0.874. The van der Waals surface area contributed by atoms with Gasteiger partial charge in [-0.3, -0.25) is 4.79 Å². The van der Waals surface area contributed by atoms with E-state index in [-0.39, 0.29) is 23.6 Å². The number of nitrogens with one attached hydrogen (secondary N) is 1. The van der Waals surface area contributed by atoms with Crippen LogP contribution in [0.3, 0.4) is 0 Å². The molecule has 0 aliphatic rings. The molecular weight excluding hydrogens is 298 g/mol. The molecule has 1 N–H and O–H groups in total. The Balaban J connectivity index is 2.54. The van der Waals surface area contributed by atoms with E-state index in [1.54, 1.807) is 20.8 Å². The Bertz CT molecular complexity index is 599. The zero-order valence-corrected chi connectivity index (χ0v) is 15.0. The van der Waals surface area contributed by atoms with Gasteiger partial charge in [-0.1, -0.05) is 44.2 Å². The highest BCUT2D eigenvalue weighted by molar-refractivity contribution is 7.92. The first-order chi connectivity index (χ1) is 9.96. The summed E-state index contributed by atoms with van der Waals surface area (Å²) in [5.74, 6) is -0.161. The van der Waals surface area contributed by atoms with Gasteiger partial charge in [0.2, 0.25) is 5.91 Å². The normalized spacial score (nSPS) is 13.0. The van der Waals surface area contributed by atoms with Crippen molar-refractivity contribution in [3.63, 3.8) is 0 Å². The van der Waals surface area contributed by atoms with Gasteiger partial charge in [0.15, 0.2) is 9.84 Å². The van der Waals surface area contributed by atoms with Crippen molar-refractivity contribution in [1.82, 2.24) is 5.32 Å². The Kier molecular flexibility index (Phi) is 5.79. The van der Waals surface area contributed by atoms with Crippen LogP contribution in [0.25, 0.3) is 0 Å². The standard InChI is InChI=1S/C17H27NO3S/c1-16(2,3)22(20,21)12-11-18-15(19)13-17(4,5)14-9-7-6-8-10-14/h6-10H,11-13H2,1-5H3,(H,18,19). The van der Waals surface area contributed by atoms with Crippen LogP contribution in [0.5, 0.6) is 0 Å². The molecule has 0 heterocycles. The van der Waals surface area contributed by atoms with Crippen LogP contribution in [-0.2, 0) is 20.0 Å². The number of sulfone groups is 1. The molecule has 1 amide bonds. The smallest absolute Gasteiger partial charge is 0.220 e. The summed E-state index contributed by atoms with van der Waals surface area (Å²) in [6.07, 6.45) is 0.326. The summed E-state index contributed by atoms with van der Waals surface area (Å²) in [4.78, 5) is 12.1. The third-order valence-corrected chi connectivity index (χ3v) is 6.39. The fourth-order valence-electron chi connectivity index (χ4n) is 2.09. The number of benzene rings is 1. The molecule has 0 aliphatic heterocycles. The summed E-state index contributed by atoms with van der Waals surface area (Å²) in [7, 11) is -3.20. The van der Waals surface area contributed by atoms with E-state index >= 15 is 0 Å². The minimum atomic E-state index is -3.20. The highest BCUT2D eigenvalue weighted by Gasteiger charge is 2.29. The minimum Gasteiger partial charge on any atom is -0.355 e. The van der Waals surface area contributed by atoms with Gasteiger partial charge in [0.1, 0.15) is 0 Å². The summed E-state index contributed by atoms with van der Waals surface area (Å²) in [6.45, 7) is 9.18. The molecule has 1 aromatic rings. The van der Waals surface area contributed by atoms with E-state index in [9.17, 15) is 13.2 Å². The second-order valence-corrected chi connectivity index (χ2v) is 10.1. The van der Waals surface area contributed by atoms with Crippen molar-refractivity contribution >= 4 is 15.7 Å². The van der Waals surface area contributed by atoms with E-state index in [0.717, 1.165) is 5.56 Å². The Hall–Kier alpha value is -1.36. The largest absolute Gasteiger partial charge is 0.355 e.